The van der Waals surface area contributed by atoms with Crippen molar-refractivity contribution in [3.63, 3.8) is 0 Å². The van der Waals surface area contributed by atoms with Crippen LogP contribution >= 0.6 is 0 Å². The molecule has 0 atom stereocenters. The molecule has 0 aliphatic carbocycles. The molecule has 0 aromatic heterocycles. The van der Waals surface area contributed by atoms with Crippen LogP contribution < -0.4 is 10.6 Å². The highest BCUT2D eigenvalue weighted by molar-refractivity contribution is 5.64. The van der Waals surface area contributed by atoms with E-state index in [1.165, 1.54) is 18.2 Å². The Morgan fingerprint density at radius 2 is 2.21 bits per heavy atom. The van der Waals surface area contributed by atoms with Crippen molar-refractivity contribution in [2.45, 2.75) is 0 Å². The van der Waals surface area contributed by atoms with E-state index in [0.29, 0.717) is 30.9 Å². The van der Waals surface area contributed by atoms with Gasteiger partial charge in [0, 0.05) is 32.8 Å². The van der Waals surface area contributed by atoms with E-state index in [9.17, 15) is 10.1 Å². The molecule has 1 aromatic carbocycles. The second kappa shape index (κ2) is 8.02. The first kappa shape index (κ1) is 14.9. The molecule has 0 unspecified atom stereocenters. The Balaban J connectivity index is 2.56. The summed E-state index contributed by atoms with van der Waals surface area (Å²) >= 11 is 0. The first-order valence-electron chi connectivity index (χ1n) is 5.81. The Bertz CT molecular complexity index is 471. The monoisotopic (exact) mass is 264 g/mol. The molecule has 0 fully saturated rings. The van der Waals surface area contributed by atoms with E-state index in [-0.39, 0.29) is 5.69 Å². The molecule has 1 rings (SSSR count). The highest BCUT2D eigenvalue weighted by Gasteiger charge is 2.13. The lowest BCUT2D eigenvalue weighted by Crippen LogP contribution is -2.25. The summed E-state index contributed by atoms with van der Waals surface area (Å²) < 4.78 is 4.88. The van der Waals surface area contributed by atoms with E-state index in [4.69, 9.17) is 10.00 Å². The molecule has 0 radical (unpaired) electrons. The van der Waals surface area contributed by atoms with Gasteiger partial charge in [0.25, 0.3) is 5.69 Å². The van der Waals surface area contributed by atoms with Crippen LogP contribution in [0.15, 0.2) is 18.2 Å². The van der Waals surface area contributed by atoms with Gasteiger partial charge in [-0.25, -0.2) is 0 Å². The fourth-order valence-electron chi connectivity index (χ4n) is 1.49. The van der Waals surface area contributed by atoms with E-state index >= 15 is 0 Å². The predicted octanol–water partition coefficient (Wildman–Crippen LogP) is 1.11. The van der Waals surface area contributed by atoms with Gasteiger partial charge in [0.15, 0.2) is 0 Å². The van der Waals surface area contributed by atoms with E-state index in [1.807, 2.05) is 6.07 Å². The van der Waals surface area contributed by atoms with E-state index in [0.717, 1.165) is 6.54 Å². The zero-order valence-corrected chi connectivity index (χ0v) is 10.7. The molecule has 0 spiro atoms. The number of nitrogens with one attached hydrogen (secondary N) is 2. The van der Waals surface area contributed by atoms with Crippen LogP contribution in [0.2, 0.25) is 0 Å². The summed E-state index contributed by atoms with van der Waals surface area (Å²) in [6.45, 7) is 2.51. The van der Waals surface area contributed by atoms with E-state index in [2.05, 4.69) is 10.6 Å². The lowest BCUT2D eigenvalue weighted by molar-refractivity contribution is -0.384. The number of anilines is 1. The Kier molecular flexibility index (Phi) is 6.29. The van der Waals surface area contributed by atoms with E-state index in [1.54, 1.807) is 7.11 Å². The topological polar surface area (TPSA) is 100 Å². The highest BCUT2D eigenvalue weighted by atomic mass is 16.6. The molecule has 0 bridgehead atoms. The van der Waals surface area contributed by atoms with Gasteiger partial charge in [0.05, 0.1) is 23.2 Å². The third-order valence-electron chi connectivity index (χ3n) is 2.42. The lowest BCUT2D eigenvalue weighted by Gasteiger charge is -2.08. The van der Waals surface area contributed by atoms with Crippen molar-refractivity contribution in [1.82, 2.24) is 5.32 Å². The molecule has 7 heteroatoms. The molecule has 0 aliphatic rings. The summed E-state index contributed by atoms with van der Waals surface area (Å²) in [5.41, 5.74) is 0.717. The van der Waals surface area contributed by atoms with Crippen LogP contribution in [0.25, 0.3) is 0 Å². The minimum absolute atomic E-state index is 0.0316. The number of nitrogens with zero attached hydrogens (tertiary/aromatic N) is 2. The number of methoxy groups -OCH3 is 1. The standard InChI is InChI=1S/C12H16N4O3/c1-19-7-6-14-4-5-15-11-8-10(9-13)2-3-12(11)16(17)18/h2-3,8,14-15H,4-7H2,1H3. The number of nitriles is 1. The average molecular weight is 264 g/mol. The summed E-state index contributed by atoms with van der Waals surface area (Å²) in [5, 5.41) is 25.7. The zero-order valence-electron chi connectivity index (χ0n) is 10.7. The van der Waals surface area contributed by atoms with Crippen LogP contribution in [0.1, 0.15) is 5.56 Å². The van der Waals surface area contributed by atoms with Gasteiger partial charge in [-0.05, 0) is 12.1 Å². The molecule has 0 aliphatic heterocycles. The minimum atomic E-state index is -0.470. The van der Waals surface area contributed by atoms with Crippen molar-refractivity contribution in [3.05, 3.63) is 33.9 Å². The van der Waals surface area contributed by atoms with Crippen molar-refractivity contribution in [1.29, 1.82) is 5.26 Å². The molecule has 19 heavy (non-hydrogen) atoms. The van der Waals surface area contributed by atoms with Gasteiger partial charge < -0.3 is 15.4 Å². The lowest BCUT2D eigenvalue weighted by atomic mass is 10.2. The van der Waals surface area contributed by atoms with Gasteiger partial charge in [0.1, 0.15) is 5.69 Å². The molecule has 0 heterocycles. The maximum atomic E-state index is 10.8. The minimum Gasteiger partial charge on any atom is -0.383 e. The van der Waals surface area contributed by atoms with Crippen molar-refractivity contribution >= 4 is 11.4 Å². The van der Waals surface area contributed by atoms with Gasteiger partial charge in [-0.3, -0.25) is 10.1 Å². The number of nitro benzene ring substituents is 1. The maximum Gasteiger partial charge on any atom is 0.292 e. The highest BCUT2D eigenvalue weighted by Crippen LogP contribution is 2.24. The van der Waals surface area contributed by atoms with Crippen LogP contribution in [0, 0.1) is 21.4 Å². The van der Waals surface area contributed by atoms with Gasteiger partial charge in [0.2, 0.25) is 0 Å². The number of benzene rings is 1. The largest absolute Gasteiger partial charge is 0.383 e. The first-order valence-corrected chi connectivity index (χ1v) is 5.81. The second-order valence-corrected chi connectivity index (χ2v) is 3.77. The quantitative estimate of drug-likeness (QED) is 0.414. The third kappa shape index (κ3) is 4.91. The van der Waals surface area contributed by atoms with Crippen LogP contribution in [0.3, 0.4) is 0 Å². The molecule has 7 nitrogen and oxygen atoms in total. The molecule has 1 aromatic rings. The molecule has 102 valence electrons. The molecule has 0 saturated carbocycles. The van der Waals surface area contributed by atoms with Gasteiger partial charge in [-0.15, -0.1) is 0 Å². The first-order chi connectivity index (χ1) is 9.19. The maximum absolute atomic E-state index is 10.8. The smallest absolute Gasteiger partial charge is 0.292 e. The van der Waals surface area contributed by atoms with Gasteiger partial charge in [-0.1, -0.05) is 0 Å². The van der Waals surface area contributed by atoms with Crippen molar-refractivity contribution in [2.75, 3.05) is 38.7 Å². The third-order valence-corrected chi connectivity index (χ3v) is 2.42. The summed E-state index contributed by atoms with van der Waals surface area (Å²) in [6, 6.07) is 6.20. The molecular weight excluding hydrogens is 248 g/mol. The Morgan fingerprint density at radius 3 is 2.84 bits per heavy atom. The van der Waals surface area contributed by atoms with E-state index < -0.39 is 4.92 Å². The zero-order chi connectivity index (χ0) is 14.1. The van der Waals surface area contributed by atoms with Crippen molar-refractivity contribution in [2.24, 2.45) is 0 Å². The molecular formula is C12H16N4O3. The van der Waals surface area contributed by atoms with Gasteiger partial charge >= 0.3 is 0 Å². The van der Waals surface area contributed by atoms with Crippen LogP contribution in [0.5, 0.6) is 0 Å². The Labute approximate surface area is 111 Å². The SMILES string of the molecule is COCCNCCNc1cc(C#N)ccc1[N+](=O)[O-]. The number of rotatable bonds is 8. The van der Waals surface area contributed by atoms with Crippen molar-refractivity contribution in [3.8, 4) is 6.07 Å². The summed E-state index contributed by atoms with van der Waals surface area (Å²) in [7, 11) is 1.62. The molecule has 2 N–H and O–H groups in total. The summed E-state index contributed by atoms with van der Waals surface area (Å²) in [5.74, 6) is 0. The summed E-state index contributed by atoms with van der Waals surface area (Å²) in [6.07, 6.45) is 0. The second-order valence-electron chi connectivity index (χ2n) is 3.77. The van der Waals surface area contributed by atoms with Crippen molar-refractivity contribution < 1.29 is 9.66 Å². The Hall–Kier alpha value is -2.17. The fourth-order valence-corrected chi connectivity index (χ4v) is 1.49. The summed E-state index contributed by atoms with van der Waals surface area (Å²) in [4.78, 5) is 10.4. The number of hydrogen-bond acceptors (Lipinski definition) is 6. The average Bonchev–Trinajstić information content (AvgIpc) is 2.42. The van der Waals surface area contributed by atoms with Crippen LogP contribution in [-0.2, 0) is 4.74 Å². The number of nitro groups is 1. The van der Waals surface area contributed by atoms with Crippen LogP contribution in [-0.4, -0.2) is 38.3 Å². The van der Waals surface area contributed by atoms with Crippen LogP contribution in [0.4, 0.5) is 11.4 Å². The normalized spacial score (nSPS) is 9.89. The fraction of sp³-hybridized carbons (Fsp3) is 0.417. The molecule has 0 amide bonds. The Morgan fingerprint density at radius 1 is 1.42 bits per heavy atom. The number of ether oxygens (including phenoxy) is 1. The molecule has 0 saturated heterocycles. The van der Waals surface area contributed by atoms with Gasteiger partial charge in [-0.2, -0.15) is 5.26 Å². The number of hydrogen-bond donors (Lipinski definition) is 2. The predicted molar refractivity (Wildman–Crippen MR) is 71.0 cm³/mol.